The molecule has 1 atom stereocenters. The Bertz CT molecular complexity index is 409. The predicted octanol–water partition coefficient (Wildman–Crippen LogP) is 2.72. The molecule has 0 aromatic carbocycles. The van der Waals surface area contributed by atoms with Crippen molar-refractivity contribution in [2.75, 3.05) is 0 Å². The smallest absolute Gasteiger partial charge is 0.377 e. The molecule has 0 saturated heterocycles. The van der Waals surface area contributed by atoms with Gasteiger partial charge in [0.2, 0.25) is 0 Å². The number of carboxylic acids is 2. The summed E-state index contributed by atoms with van der Waals surface area (Å²) in [5.41, 5.74) is 0. The van der Waals surface area contributed by atoms with E-state index in [1.807, 2.05) is 0 Å². The summed E-state index contributed by atoms with van der Waals surface area (Å²) in [4.78, 5) is 20.6. The quantitative estimate of drug-likeness (QED) is 0.670. The van der Waals surface area contributed by atoms with Gasteiger partial charge in [0.05, 0.1) is 12.3 Å². The topological polar surface area (TPSA) is 74.6 Å². The molecule has 1 unspecified atom stereocenters. The number of hydrogen-bond acceptors (Lipinski definition) is 2. The highest BCUT2D eigenvalue weighted by molar-refractivity contribution is 5.77. The molecule has 2 N–H and O–H groups in total. The number of alkyl halides is 8. The molecule has 0 aliphatic heterocycles. The standard InChI is InChI=1S/C9H8F8O4/c10-6(11)8(14,15)9(16,17)7(12,13)2-3(5(20)21)1-4(18)19/h3,6H,1-2H2,(H,18,19)(H,20,21). The molecule has 124 valence electrons. The number of hydrogen-bond donors (Lipinski definition) is 2. The van der Waals surface area contributed by atoms with E-state index < -0.39 is 54.9 Å². The van der Waals surface area contributed by atoms with Gasteiger partial charge in [0.1, 0.15) is 0 Å². The van der Waals surface area contributed by atoms with Crippen LogP contribution in [-0.4, -0.2) is 46.3 Å². The summed E-state index contributed by atoms with van der Waals surface area (Å²) in [5.74, 6) is -25.7. The second-order valence-electron chi connectivity index (χ2n) is 4.04. The summed E-state index contributed by atoms with van der Waals surface area (Å²) in [6.07, 6.45) is -9.23. The molecule has 12 heteroatoms. The van der Waals surface area contributed by atoms with Gasteiger partial charge in [0.25, 0.3) is 0 Å². The average Bonchev–Trinajstić information content (AvgIpc) is 2.26. The van der Waals surface area contributed by atoms with Gasteiger partial charge in [-0.25, -0.2) is 8.78 Å². The van der Waals surface area contributed by atoms with Crippen LogP contribution >= 0.6 is 0 Å². The van der Waals surface area contributed by atoms with E-state index in [0.717, 1.165) is 0 Å². The van der Waals surface area contributed by atoms with Gasteiger partial charge in [-0.15, -0.1) is 0 Å². The summed E-state index contributed by atoms with van der Waals surface area (Å²) in [6, 6.07) is 0. The van der Waals surface area contributed by atoms with Crippen LogP contribution in [0.25, 0.3) is 0 Å². The van der Waals surface area contributed by atoms with E-state index in [2.05, 4.69) is 0 Å². The molecule has 0 aliphatic rings. The molecule has 0 amide bonds. The van der Waals surface area contributed by atoms with E-state index in [1.165, 1.54) is 0 Å². The van der Waals surface area contributed by atoms with Crippen LogP contribution in [0.1, 0.15) is 12.8 Å². The first-order chi connectivity index (χ1) is 9.16. The Morgan fingerprint density at radius 3 is 1.67 bits per heavy atom. The monoisotopic (exact) mass is 332 g/mol. The maximum Gasteiger partial charge on any atom is 0.377 e. The molecule has 4 nitrogen and oxygen atoms in total. The van der Waals surface area contributed by atoms with E-state index in [0.29, 0.717) is 0 Å². The van der Waals surface area contributed by atoms with Gasteiger partial charge in [0, 0.05) is 6.42 Å². The highest BCUT2D eigenvalue weighted by Crippen LogP contribution is 2.50. The molecule has 0 bridgehead atoms. The van der Waals surface area contributed by atoms with Crippen LogP contribution in [0.4, 0.5) is 35.1 Å². The summed E-state index contributed by atoms with van der Waals surface area (Å²) in [7, 11) is 0. The fourth-order valence-corrected chi connectivity index (χ4v) is 1.28. The van der Waals surface area contributed by atoms with Gasteiger partial charge in [-0.3, -0.25) is 9.59 Å². The van der Waals surface area contributed by atoms with Gasteiger partial charge in [0.15, 0.2) is 0 Å². The second-order valence-corrected chi connectivity index (χ2v) is 4.04. The number of halogens is 8. The third kappa shape index (κ3) is 3.94. The van der Waals surface area contributed by atoms with Crippen LogP contribution < -0.4 is 0 Å². The third-order valence-electron chi connectivity index (χ3n) is 2.43. The van der Waals surface area contributed by atoms with Gasteiger partial charge < -0.3 is 10.2 Å². The lowest BCUT2D eigenvalue weighted by atomic mass is 9.91. The van der Waals surface area contributed by atoms with Crippen molar-refractivity contribution in [2.24, 2.45) is 5.92 Å². The number of rotatable bonds is 8. The van der Waals surface area contributed by atoms with E-state index in [9.17, 15) is 44.7 Å². The Kier molecular flexibility index (Phi) is 5.55. The zero-order valence-electron chi connectivity index (χ0n) is 9.80. The molecular weight excluding hydrogens is 324 g/mol. The van der Waals surface area contributed by atoms with Crippen LogP contribution in [-0.2, 0) is 9.59 Å². The maximum absolute atomic E-state index is 13.1. The van der Waals surface area contributed by atoms with Crippen molar-refractivity contribution in [2.45, 2.75) is 37.0 Å². The summed E-state index contributed by atoms with van der Waals surface area (Å²) < 4.78 is 100. The van der Waals surface area contributed by atoms with Crippen molar-refractivity contribution in [1.82, 2.24) is 0 Å². The lowest BCUT2D eigenvalue weighted by Gasteiger charge is -2.33. The van der Waals surface area contributed by atoms with Crippen LogP contribution in [0.15, 0.2) is 0 Å². The van der Waals surface area contributed by atoms with E-state index in [4.69, 9.17) is 10.2 Å². The molecule has 0 fully saturated rings. The minimum absolute atomic E-state index is 1.57. The van der Waals surface area contributed by atoms with E-state index >= 15 is 0 Å². The zero-order valence-corrected chi connectivity index (χ0v) is 9.80. The first-order valence-corrected chi connectivity index (χ1v) is 5.03. The lowest BCUT2D eigenvalue weighted by molar-refractivity contribution is -0.341. The van der Waals surface area contributed by atoms with Crippen molar-refractivity contribution in [3.05, 3.63) is 0 Å². The molecular formula is C9H8F8O4. The molecule has 0 spiro atoms. The van der Waals surface area contributed by atoms with Crippen LogP contribution in [0.5, 0.6) is 0 Å². The largest absolute Gasteiger partial charge is 0.481 e. The van der Waals surface area contributed by atoms with Crippen molar-refractivity contribution >= 4 is 11.9 Å². The fraction of sp³-hybridized carbons (Fsp3) is 0.778. The molecule has 0 rings (SSSR count). The van der Waals surface area contributed by atoms with Gasteiger partial charge in [-0.2, -0.15) is 26.3 Å². The molecule has 0 aliphatic carbocycles. The number of carbonyl (C=O) groups is 2. The Hall–Kier alpha value is -1.62. The Morgan fingerprint density at radius 2 is 1.38 bits per heavy atom. The minimum Gasteiger partial charge on any atom is -0.481 e. The predicted molar refractivity (Wildman–Crippen MR) is 48.8 cm³/mol. The van der Waals surface area contributed by atoms with Crippen molar-refractivity contribution < 1.29 is 54.9 Å². The lowest BCUT2D eigenvalue weighted by Crippen LogP contribution is -2.58. The summed E-state index contributed by atoms with van der Waals surface area (Å²) in [5, 5.41) is 16.6. The van der Waals surface area contributed by atoms with Gasteiger partial charge in [-0.1, -0.05) is 0 Å². The third-order valence-corrected chi connectivity index (χ3v) is 2.43. The van der Waals surface area contributed by atoms with E-state index in [1.54, 1.807) is 0 Å². The van der Waals surface area contributed by atoms with Crippen LogP contribution in [0, 0.1) is 5.92 Å². The van der Waals surface area contributed by atoms with Crippen molar-refractivity contribution in [1.29, 1.82) is 0 Å². The average molecular weight is 332 g/mol. The van der Waals surface area contributed by atoms with Gasteiger partial charge >= 0.3 is 36.1 Å². The Labute approximate surface area is 111 Å². The summed E-state index contributed by atoms with van der Waals surface area (Å²) in [6.45, 7) is 0. The highest BCUT2D eigenvalue weighted by Gasteiger charge is 2.75. The minimum atomic E-state index is -6.56. The van der Waals surface area contributed by atoms with Crippen LogP contribution in [0.3, 0.4) is 0 Å². The molecule has 0 aromatic rings. The normalized spacial score (nSPS) is 15.1. The summed E-state index contributed by atoms with van der Waals surface area (Å²) >= 11 is 0. The zero-order chi connectivity index (χ0) is 17.2. The molecule has 0 radical (unpaired) electrons. The van der Waals surface area contributed by atoms with Crippen LogP contribution in [0.2, 0.25) is 0 Å². The molecule has 21 heavy (non-hydrogen) atoms. The number of aliphatic carboxylic acids is 2. The highest BCUT2D eigenvalue weighted by atomic mass is 19.4. The second kappa shape index (κ2) is 6.02. The van der Waals surface area contributed by atoms with Crippen molar-refractivity contribution in [3.63, 3.8) is 0 Å². The Balaban J connectivity index is 5.44. The van der Waals surface area contributed by atoms with E-state index in [-0.39, 0.29) is 0 Å². The van der Waals surface area contributed by atoms with Gasteiger partial charge in [-0.05, 0) is 0 Å². The molecule has 0 heterocycles. The van der Waals surface area contributed by atoms with Crippen molar-refractivity contribution in [3.8, 4) is 0 Å². The first-order valence-electron chi connectivity index (χ1n) is 5.03. The fourth-order valence-electron chi connectivity index (χ4n) is 1.28. The number of carboxylic acid groups (broad SMARTS) is 2. The maximum atomic E-state index is 13.1. The molecule has 0 saturated carbocycles. The Morgan fingerprint density at radius 1 is 0.952 bits per heavy atom. The SMILES string of the molecule is O=C(O)CC(CC(F)(F)C(F)(F)C(F)(F)C(F)F)C(=O)O. The molecule has 0 aromatic heterocycles. The first kappa shape index (κ1) is 19.4.